The molecular formula is C8H13F3N2O4S2. The maximum absolute atomic E-state index is 11.9. The molecular weight excluding hydrogens is 309 g/mol. The smallest absolute Gasteiger partial charge is 0.298 e. The van der Waals surface area contributed by atoms with Crippen LogP contribution in [0.25, 0.3) is 0 Å². The Morgan fingerprint density at radius 3 is 2.21 bits per heavy atom. The molecule has 0 heterocycles. The molecule has 6 nitrogen and oxygen atoms in total. The fraction of sp³-hybridized carbons (Fsp3) is 0.750. The summed E-state index contributed by atoms with van der Waals surface area (Å²) < 4.78 is 57.1. The van der Waals surface area contributed by atoms with E-state index in [0.29, 0.717) is 0 Å². The molecule has 0 N–H and O–H groups in total. The highest BCUT2D eigenvalue weighted by atomic mass is 32.2. The number of amides is 1. The average molecular weight is 322 g/mol. The van der Waals surface area contributed by atoms with Gasteiger partial charge in [-0.25, -0.2) is 17.5 Å². The lowest BCUT2D eigenvalue weighted by Gasteiger charge is -2.17. The number of hydrogen-bond donors (Lipinski definition) is 0. The van der Waals surface area contributed by atoms with Crippen LogP contribution in [-0.4, -0.2) is 48.6 Å². The third-order valence-electron chi connectivity index (χ3n) is 1.95. The number of alkyl halides is 3. The summed E-state index contributed by atoms with van der Waals surface area (Å²) in [6.45, 7) is 2.60. The fourth-order valence-electron chi connectivity index (χ4n) is 0.544. The summed E-state index contributed by atoms with van der Waals surface area (Å²) in [6.07, 6.45) is 0.404. The number of carbonyl (C=O) groups excluding carboxylic acids is 1. The van der Waals surface area contributed by atoms with E-state index in [1.54, 1.807) is 0 Å². The van der Waals surface area contributed by atoms with Crippen LogP contribution in [0.1, 0.15) is 13.8 Å². The molecule has 0 aliphatic rings. The van der Waals surface area contributed by atoms with Crippen molar-refractivity contribution < 1.29 is 31.2 Å². The maximum Gasteiger partial charge on any atom is 0.461 e. The molecule has 0 aromatic rings. The molecule has 0 aliphatic carbocycles. The summed E-state index contributed by atoms with van der Waals surface area (Å²) in [7, 11) is -2.64. The van der Waals surface area contributed by atoms with E-state index < -0.39 is 38.1 Å². The van der Waals surface area contributed by atoms with Crippen LogP contribution in [0.4, 0.5) is 18.0 Å². The van der Waals surface area contributed by atoms with Crippen molar-refractivity contribution in [3.8, 4) is 0 Å². The van der Waals surface area contributed by atoms with Crippen molar-refractivity contribution in [3.05, 3.63) is 0 Å². The fourth-order valence-corrected chi connectivity index (χ4v) is 1.20. The Labute approximate surface area is 113 Å². The van der Waals surface area contributed by atoms with Gasteiger partial charge in [0.05, 0.1) is 18.2 Å². The summed E-state index contributed by atoms with van der Waals surface area (Å²) in [6, 6.07) is 0. The number of hydrogen-bond acceptors (Lipinski definition) is 6. The predicted molar refractivity (Wildman–Crippen MR) is 65.3 cm³/mol. The first-order valence-corrected chi connectivity index (χ1v) is 7.37. The second-order valence-electron chi connectivity index (χ2n) is 4.00. The SMILES string of the molecule is CN(SC(F)(F)F)C(=O)O/N=C/C(C)(C)S(C)(=O)=O. The van der Waals surface area contributed by atoms with Crippen LogP contribution in [-0.2, 0) is 14.7 Å². The second-order valence-corrected chi connectivity index (χ2v) is 7.79. The minimum Gasteiger partial charge on any atom is -0.298 e. The van der Waals surface area contributed by atoms with E-state index in [0.717, 1.165) is 19.5 Å². The highest BCUT2D eigenvalue weighted by molar-refractivity contribution is 7.98. The standard InChI is InChI=1S/C8H13F3N2O4S2/c1-7(2,19(4,15)16)5-12-17-6(14)13(3)18-8(9,10)11/h5H,1-4H3/b12-5+. The van der Waals surface area contributed by atoms with E-state index >= 15 is 0 Å². The van der Waals surface area contributed by atoms with Crippen molar-refractivity contribution in [3.63, 3.8) is 0 Å². The first kappa shape index (κ1) is 18.0. The predicted octanol–water partition coefficient (Wildman–Crippen LogP) is 2.03. The molecule has 0 spiro atoms. The Kier molecular flexibility index (Phi) is 5.68. The zero-order chi connectivity index (χ0) is 15.5. The highest BCUT2D eigenvalue weighted by Gasteiger charge is 2.34. The minimum absolute atomic E-state index is 0.185. The minimum atomic E-state index is -4.64. The molecule has 0 saturated heterocycles. The molecule has 112 valence electrons. The van der Waals surface area contributed by atoms with E-state index in [-0.39, 0.29) is 4.31 Å². The second kappa shape index (κ2) is 5.99. The number of nitrogens with zero attached hydrogens (tertiary/aromatic N) is 2. The van der Waals surface area contributed by atoms with Crippen LogP contribution in [0.2, 0.25) is 0 Å². The quantitative estimate of drug-likeness (QED) is 0.343. The van der Waals surface area contributed by atoms with Crippen molar-refractivity contribution >= 4 is 34.1 Å². The van der Waals surface area contributed by atoms with Gasteiger partial charge in [0.1, 0.15) is 4.75 Å². The van der Waals surface area contributed by atoms with Crippen molar-refractivity contribution in [2.24, 2.45) is 5.16 Å². The Bertz CT molecular complexity index is 459. The molecule has 0 atom stereocenters. The molecule has 0 unspecified atom stereocenters. The molecule has 19 heavy (non-hydrogen) atoms. The first-order chi connectivity index (χ1) is 8.26. The Balaban J connectivity index is 4.55. The monoisotopic (exact) mass is 322 g/mol. The zero-order valence-corrected chi connectivity index (χ0v) is 12.2. The highest BCUT2D eigenvalue weighted by Crippen LogP contribution is 2.32. The molecule has 0 aromatic heterocycles. The Morgan fingerprint density at radius 1 is 1.37 bits per heavy atom. The maximum atomic E-state index is 11.9. The number of rotatable bonds is 4. The largest absolute Gasteiger partial charge is 0.461 e. The molecule has 0 radical (unpaired) electrons. The van der Waals surface area contributed by atoms with E-state index in [9.17, 15) is 26.4 Å². The molecule has 11 heteroatoms. The molecule has 0 saturated carbocycles. The topological polar surface area (TPSA) is 76.0 Å². The van der Waals surface area contributed by atoms with Crippen LogP contribution in [0, 0.1) is 0 Å². The lowest BCUT2D eigenvalue weighted by Crippen LogP contribution is -2.33. The molecule has 0 aromatic carbocycles. The van der Waals surface area contributed by atoms with Gasteiger partial charge in [0.2, 0.25) is 0 Å². The summed E-state index contributed by atoms with van der Waals surface area (Å²) in [5, 5.41) is 3.08. The molecule has 0 rings (SSSR count). The summed E-state index contributed by atoms with van der Waals surface area (Å²) in [5.41, 5.74) is -4.64. The van der Waals surface area contributed by atoms with Crippen LogP contribution in [0.3, 0.4) is 0 Å². The van der Waals surface area contributed by atoms with Gasteiger partial charge in [-0.05, 0) is 13.8 Å². The van der Waals surface area contributed by atoms with Gasteiger partial charge in [0.15, 0.2) is 9.84 Å². The Hall–Kier alpha value is -0.970. The lowest BCUT2D eigenvalue weighted by molar-refractivity contribution is -0.0358. The first-order valence-electron chi connectivity index (χ1n) is 4.71. The van der Waals surface area contributed by atoms with Crippen molar-refractivity contribution in [1.29, 1.82) is 0 Å². The van der Waals surface area contributed by atoms with Crippen LogP contribution < -0.4 is 0 Å². The lowest BCUT2D eigenvalue weighted by atomic mass is 10.2. The van der Waals surface area contributed by atoms with Gasteiger partial charge >= 0.3 is 11.6 Å². The third kappa shape index (κ3) is 6.66. The number of carbonyl (C=O) groups is 1. The van der Waals surface area contributed by atoms with E-state index in [4.69, 9.17) is 0 Å². The van der Waals surface area contributed by atoms with Gasteiger partial charge in [-0.2, -0.15) is 13.2 Å². The summed E-state index contributed by atoms with van der Waals surface area (Å²) in [4.78, 5) is 15.2. The van der Waals surface area contributed by atoms with Gasteiger partial charge in [-0.15, -0.1) is 0 Å². The van der Waals surface area contributed by atoms with E-state index in [1.165, 1.54) is 13.8 Å². The van der Waals surface area contributed by atoms with Crippen LogP contribution in [0.15, 0.2) is 5.16 Å². The number of halogens is 3. The number of sulfone groups is 1. The molecule has 0 bridgehead atoms. The van der Waals surface area contributed by atoms with Crippen LogP contribution >= 0.6 is 11.9 Å². The zero-order valence-electron chi connectivity index (χ0n) is 10.6. The van der Waals surface area contributed by atoms with Gasteiger partial charge < -0.3 is 0 Å². The summed E-state index contributed by atoms with van der Waals surface area (Å²) in [5.74, 6) is 0. The summed E-state index contributed by atoms with van der Waals surface area (Å²) >= 11 is -0.705. The number of oxime groups is 1. The van der Waals surface area contributed by atoms with Gasteiger partial charge in [-0.3, -0.25) is 4.84 Å². The van der Waals surface area contributed by atoms with Gasteiger partial charge in [0, 0.05) is 13.3 Å². The van der Waals surface area contributed by atoms with E-state index in [1.807, 2.05) is 0 Å². The van der Waals surface area contributed by atoms with Crippen molar-refractivity contribution in [2.45, 2.75) is 24.1 Å². The normalized spacial score (nSPS) is 13.6. The average Bonchev–Trinajstić information content (AvgIpc) is 2.12. The van der Waals surface area contributed by atoms with Crippen LogP contribution in [0.5, 0.6) is 0 Å². The van der Waals surface area contributed by atoms with Gasteiger partial charge in [-0.1, -0.05) is 5.16 Å². The third-order valence-corrected chi connectivity index (χ3v) is 4.59. The van der Waals surface area contributed by atoms with Crippen molar-refractivity contribution in [2.75, 3.05) is 13.3 Å². The van der Waals surface area contributed by atoms with Gasteiger partial charge in [0.25, 0.3) is 0 Å². The van der Waals surface area contributed by atoms with Crippen molar-refractivity contribution in [1.82, 2.24) is 4.31 Å². The Morgan fingerprint density at radius 2 is 1.84 bits per heavy atom. The van der Waals surface area contributed by atoms with E-state index in [2.05, 4.69) is 9.99 Å². The molecule has 0 aliphatic heterocycles. The molecule has 0 fully saturated rings. The molecule has 1 amide bonds.